The molecule has 0 saturated carbocycles. The van der Waals surface area contributed by atoms with Crippen molar-refractivity contribution in [3.05, 3.63) is 0 Å². The maximum Gasteiger partial charge on any atom is 0.303 e. The molecule has 0 aromatic carbocycles. The number of carboxylic acids is 1. The van der Waals surface area contributed by atoms with E-state index in [9.17, 15) is 4.79 Å². The van der Waals surface area contributed by atoms with Gasteiger partial charge in [0.1, 0.15) is 0 Å². The molecule has 18 heavy (non-hydrogen) atoms. The summed E-state index contributed by atoms with van der Waals surface area (Å²) < 4.78 is 0. The summed E-state index contributed by atoms with van der Waals surface area (Å²) >= 11 is 0. The predicted octanol–water partition coefficient (Wildman–Crippen LogP) is 3.78. The van der Waals surface area contributed by atoms with Gasteiger partial charge in [-0.3, -0.25) is 4.79 Å². The van der Waals surface area contributed by atoms with Crippen molar-refractivity contribution in [2.45, 2.75) is 72.3 Å². The third kappa shape index (κ3) is 8.51. The molecule has 1 N–H and O–H groups in total. The number of hydrogen-bond donors (Lipinski definition) is 1. The summed E-state index contributed by atoms with van der Waals surface area (Å²) in [4.78, 5) is 13.0. The second-order valence-electron chi connectivity index (χ2n) is 5.50. The third-order valence-corrected chi connectivity index (χ3v) is 3.60. The first-order valence-electron chi connectivity index (χ1n) is 7.47. The van der Waals surface area contributed by atoms with Gasteiger partial charge >= 0.3 is 5.97 Å². The molecule has 0 radical (unpaired) electrons. The molecule has 0 bridgehead atoms. The standard InChI is InChI=1S/C15H31NO2/c1-5-7-9-14(6-2)12-16(13(3)4)11-8-10-15(17)18/h13-14H,5-12H2,1-4H3,(H,17,18). The summed E-state index contributed by atoms with van der Waals surface area (Å²) in [5, 5.41) is 8.69. The fraction of sp³-hybridized carbons (Fsp3) is 0.933. The number of nitrogens with zero attached hydrogens (tertiary/aromatic N) is 1. The Hall–Kier alpha value is -0.570. The van der Waals surface area contributed by atoms with Crippen molar-refractivity contribution in [2.75, 3.05) is 13.1 Å². The van der Waals surface area contributed by atoms with Gasteiger partial charge < -0.3 is 10.0 Å². The van der Waals surface area contributed by atoms with Crippen LogP contribution in [0.25, 0.3) is 0 Å². The number of aliphatic carboxylic acids is 1. The van der Waals surface area contributed by atoms with Gasteiger partial charge in [-0.05, 0) is 39.2 Å². The van der Waals surface area contributed by atoms with Crippen molar-refractivity contribution < 1.29 is 9.90 Å². The number of carbonyl (C=O) groups is 1. The van der Waals surface area contributed by atoms with E-state index in [-0.39, 0.29) is 6.42 Å². The first-order chi connectivity index (χ1) is 8.51. The number of unbranched alkanes of at least 4 members (excludes halogenated alkanes) is 1. The van der Waals surface area contributed by atoms with Crippen molar-refractivity contribution in [1.29, 1.82) is 0 Å². The predicted molar refractivity (Wildman–Crippen MR) is 76.9 cm³/mol. The Labute approximate surface area is 113 Å². The van der Waals surface area contributed by atoms with Gasteiger partial charge in [-0.1, -0.05) is 33.1 Å². The van der Waals surface area contributed by atoms with Gasteiger partial charge in [0.05, 0.1) is 0 Å². The van der Waals surface area contributed by atoms with Crippen LogP contribution in [-0.4, -0.2) is 35.1 Å². The van der Waals surface area contributed by atoms with Crippen LogP contribution in [0, 0.1) is 5.92 Å². The van der Waals surface area contributed by atoms with E-state index >= 15 is 0 Å². The monoisotopic (exact) mass is 257 g/mol. The van der Waals surface area contributed by atoms with Crippen molar-refractivity contribution in [3.8, 4) is 0 Å². The van der Waals surface area contributed by atoms with Crippen molar-refractivity contribution >= 4 is 5.97 Å². The molecule has 0 fully saturated rings. The van der Waals surface area contributed by atoms with E-state index in [0.717, 1.165) is 25.4 Å². The summed E-state index contributed by atoms with van der Waals surface area (Å²) in [6, 6.07) is 0.509. The molecule has 0 saturated heterocycles. The molecule has 108 valence electrons. The van der Waals surface area contributed by atoms with Crippen LogP contribution in [0.5, 0.6) is 0 Å². The number of rotatable bonds is 11. The van der Waals surface area contributed by atoms with Crippen molar-refractivity contribution in [2.24, 2.45) is 5.92 Å². The van der Waals surface area contributed by atoms with Gasteiger partial charge in [0.15, 0.2) is 0 Å². The molecule has 3 heteroatoms. The van der Waals surface area contributed by atoms with Crippen LogP contribution in [-0.2, 0) is 4.79 Å². The van der Waals surface area contributed by atoms with E-state index in [0.29, 0.717) is 6.04 Å². The highest BCUT2D eigenvalue weighted by molar-refractivity contribution is 5.66. The Morgan fingerprint density at radius 1 is 1.22 bits per heavy atom. The highest BCUT2D eigenvalue weighted by atomic mass is 16.4. The van der Waals surface area contributed by atoms with E-state index in [1.165, 1.54) is 25.7 Å². The summed E-state index contributed by atoms with van der Waals surface area (Å²) in [6.07, 6.45) is 6.14. The Balaban J connectivity index is 4.10. The molecule has 0 aliphatic heterocycles. The van der Waals surface area contributed by atoms with Crippen molar-refractivity contribution in [3.63, 3.8) is 0 Å². The first kappa shape index (κ1) is 17.4. The highest BCUT2D eigenvalue weighted by Gasteiger charge is 2.15. The van der Waals surface area contributed by atoms with Crippen LogP contribution >= 0.6 is 0 Å². The maximum absolute atomic E-state index is 10.6. The molecule has 0 aliphatic rings. The molecule has 0 amide bonds. The van der Waals surface area contributed by atoms with Gasteiger partial charge in [0.25, 0.3) is 0 Å². The highest BCUT2D eigenvalue weighted by Crippen LogP contribution is 2.16. The fourth-order valence-electron chi connectivity index (χ4n) is 2.24. The molecule has 1 atom stereocenters. The van der Waals surface area contributed by atoms with E-state index in [1.54, 1.807) is 0 Å². The van der Waals surface area contributed by atoms with Crippen molar-refractivity contribution in [1.82, 2.24) is 4.90 Å². The normalized spacial score (nSPS) is 13.2. The Kier molecular flexibility index (Phi) is 10.0. The Morgan fingerprint density at radius 3 is 2.33 bits per heavy atom. The van der Waals surface area contributed by atoms with Crippen LogP contribution in [0.3, 0.4) is 0 Å². The largest absolute Gasteiger partial charge is 0.481 e. The summed E-state index contributed by atoms with van der Waals surface area (Å²) in [5.41, 5.74) is 0. The zero-order valence-electron chi connectivity index (χ0n) is 12.6. The van der Waals surface area contributed by atoms with E-state index in [2.05, 4.69) is 32.6 Å². The minimum atomic E-state index is -0.684. The average Bonchev–Trinajstić information content (AvgIpc) is 2.31. The Morgan fingerprint density at radius 2 is 1.89 bits per heavy atom. The molecular weight excluding hydrogens is 226 g/mol. The molecule has 0 rings (SSSR count). The fourth-order valence-corrected chi connectivity index (χ4v) is 2.24. The molecule has 0 aromatic heterocycles. The summed E-state index contributed by atoms with van der Waals surface area (Å²) in [7, 11) is 0. The lowest BCUT2D eigenvalue weighted by Crippen LogP contribution is -2.36. The molecule has 3 nitrogen and oxygen atoms in total. The zero-order chi connectivity index (χ0) is 14.0. The van der Waals surface area contributed by atoms with Crippen LogP contribution < -0.4 is 0 Å². The topological polar surface area (TPSA) is 40.5 Å². The first-order valence-corrected chi connectivity index (χ1v) is 7.47. The van der Waals surface area contributed by atoms with Crippen LogP contribution in [0.4, 0.5) is 0 Å². The molecule has 1 unspecified atom stereocenters. The second-order valence-corrected chi connectivity index (χ2v) is 5.50. The Bertz CT molecular complexity index is 217. The van der Waals surface area contributed by atoms with E-state index in [1.807, 2.05) is 0 Å². The third-order valence-electron chi connectivity index (χ3n) is 3.60. The molecule has 0 aromatic rings. The number of hydrogen-bond acceptors (Lipinski definition) is 2. The molecule has 0 spiro atoms. The second kappa shape index (κ2) is 10.4. The smallest absolute Gasteiger partial charge is 0.303 e. The zero-order valence-corrected chi connectivity index (χ0v) is 12.6. The van der Waals surface area contributed by atoms with Crippen LogP contribution in [0.2, 0.25) is 0 Å². The molecular formula is C15H31NO2. The maximum atomic E-state index is 10.6. The SMILES string of the molecule is CCCCC(CC)CN(CCCC(=O)O)C(C)C. The van der Waals surface area contributed by atoms with E-state index in [4.69, 9.17) is 5.11 Å². The minimum absolute atomic E-state index is 0.287. The lowest BCUT2D eigenvalue weighted by atomic mass is 9.98. The number of carboxylic acid groups (broad SMARTS) is 1. The quantitative estimate of drug-likeness (QED) is 0.612. The van der Waals surface area contributed by atoms with Gasteiger partial charge in [-0.25, -0.2) is 0 Å². The molecule has 0 heterocycles. The minimum Gasteiger partial charge on any atom is -0.481 e. The lowest BCUT2D eigenvalue weighted by molar-refractivity contribution is -0.137. The van der Waals surface area contributed by atoms with Gasteiger partial charge in [0, 0.05) is 19.0 Å². The van der Waals surface area contributed by atoms with Crippen LogP contribution in [0.1, 0.15) is 66.2 Å². The molecule has 0 aliphatic carbocycles. The van der Waals surface area contributed by atoms with Gasteiger partial charge in [0.2, 0.25) is 0 Å². The van der Waals surface area contributed by atoms with Gasteiger partial charge in [-0.2, -0.15) is 0 Å². The van der Waals surface area contributed by atoms with E-state index < -0.39 is 5.97 Å². The van der Waals surface area contributed by atoms with Crippen LogP contribution in [0.15, 0.2) is 0 Å². The van der Waals surface area contributed by atoms with Gasteiger partial charge in [-0.15, -0.1) is 0 Å². The average molecular weight is 257 g/mol. The summed E-state index contributed by atoms with van der Waals surface area (Å²) in [5.74, 6) is 0.0777. The lowest BCUT2D eigenvalue weighted by Gasteiger charge is -2.30. The summed E-state index contributed by atoms with van der Waals surface area (Å²) in [6.45, 7) is 10.9.